The fourth-order valence-corrected chi connectivity index (χ4v) is 2.79. The van der Waals surface area contributed by atoms with Crippen LogP contribution in [0.15, 0.2) is 24.3 Å². The summed E-state index contributed by atoms with van der Waals surface area (Å²) >= 11 is 0. The van der Waals surface area contributed by atoms with Gasteiger partial charge in [0.1, 0.15) is 11.4 Å². The SMILES string of the molecule is CCC(C)c1ccc(OC2(C)CCCCC2)cc1. The summed E-state index contributed by atoms with van der Waals surface area (Å²) in [6.45, 7) is 6.77. The molecule has 1 aliphatic rings. The summed E-state index contributed by atoms with van der Waals surface area (Å²) in [5.74, 6) is 1.68. The Morgan fingerprint density at radius 3 is 2.28 bits per heavy atom. The van der Waals surface area contributed by atoms with Gasteiger partial charge >= 0.3 is 0 Å². The number of hydrogen-bond donors (Lipinski definition) is 0. The molecule has 0 radical (unpaired) electrons. The van der Waals surface area contributed by atoms with E-state index in [1.165, 1.54) is 44.1 Å². The third-order valence-corrected chi connectivity index (χ3v) is 4.34. The number of rotatable bonds is 4. The van der Waals surface area contributed by atoms with Crippen LogP contribution in [0.1, 0.15) is 70.8 Å². The van der Waals surface area contributed by atoms with Gasteiger partial charge in [0.2, 0.25) is 0 Å². The lowest BCUT2D eigenvalue weighted by Gasteiger charge is -2.34. The van der Waals surface area contributed by atoms with Gasteiger partial charge in [0.25, 0.3) is 0 Å². The van der Waals surface area contributed by atoms with Crippen molar-refractivity contribution in [2.24, 2.45) is 0 Å². The fourth-order valence-electron chi connectivity index (χ4n) is 2.79. The quantitative estimate of drug-likeness (QED) is 0.700. The molecule has 0 saturated heterocycles. The van der Waals surface area contributed by atoms with Crippen LogP contribution in [0.25, 0.3) is 0 Å². The molecule has 0 N–H and O–H groups in total. The molecular weight excluding hydrogens is 220 g/mol. The monoisotopic (exact) mass is 246 g/mol. The summed E-state index contributed by atoms with van der Waals surface area (Å²) in [7, 11) is 0. The number of hydrogen-bond acceptors (Lipinski definition) is 1. The summed E-state index contributed by atoms with van der Waals surface area (Å²) in [5, 5.41) is 0. The molecule has 1 unspecified atom stereocenters. The van der Waals surface area contributed by atoms with Gasteiger partial charge in [-0.25, -0.2) is 0 Å². The molecule has 1 fully saturated rings. The normalized spacial score (nSPS) is 20.4. The van der Waals surface area contributed by atoms with E-state index < -0.39 is 0 Å². The summed E-state index contributed by atoms with van der Waals surface area (Å²) in [6, 6.07) is 8.72. The first kappa shape index (κ1) is 13.5. The zero-order chi connectivity index (χ0) is 13.0. The highest BCUT2D eigenvalue weighted by atomic mass is 16.5. The van der Waals surface area contributed by atoms with E-state index in [2.05, 4.69) is 45.0 Å². The Balaban J connectivity index is 2.01. The second-order valence-electron chi connectivity index (χ2n) is 5.99. The van der Waals surface area contributed by atoms with Crippen LogP contribution in [0.3, 0.4) is 0 Å². The van der Waals surface area contributed by atoms with E-state index >= 15 is 0 Å². The minimum Gasteiger partial charge on any atom is -0.488 e. The minimum atomic E-state index is 0.0656. The molecule has 18 heavy (non-hydrogen) atoms. The Bertz CT molecular complexity index is 360. The highest BCUT2D eigenvalue weighted by Crippen LogP contribution is 2.33. The zero-order valence-electron chi connectivity index (χ0n) is 12.0. The van der Waals surface area contributed by atoms with Crippen LogP contribution in [0.4, 0.5) is 0 Å². The Morgan fingerprint density at radius 2 is 1.72 bits per heavy atom. The number of benzene rings is 1. The molecule has 2 rings (SSSR count). The van der Waals surface area contributed by atoms with Crippen molar-refractivity contribution in [3.8, 4) is 5.75 Å². The van der Waals surface area contributed by atoms with E-state index in [0.29, 0.717) is 5.92 Å². The van der Waals surface area contributed by atoms with Gasteiger partial charge < -0.3 is 4.74 Å². The maximum atomic E-state index is 6.21. The average molecular weight is 246 g/mol. The third-order valence-electron chi connectivity index (χ3n) is 4.34. The Labute approximate surface area is 112 Å². The van der Waals surface area contributed by atoms with Gasteiger partial charge in [-0.1, -0.05) is 32.4 Å². The Hall–Kier alpha value is -0.980. The van der Waals surface area contributed by atoms with Gasteiger partial charge in [0.05, 0.1) is 0 Å². The van der Waals surface area contributed by atoms with E-state index in [9.17, 15) is 0 Å². The van der Waals surface area contributed by atoms with Crippen LogP contribution in [-0.4, -0.2) is 5.60 Å². The molecule has 0 aromatic heterocycles. The van der Waals surface area contributed by atoms with Crippen molar-refractivity contribution in [1.29, 1.82) is 0 Å². The minimum absolute atomic E-state index is 0.0656. The largest absolute Gasteiger partial charge is 0.488 e. The van der Waals surface area contributed by atoms with Crippen LogP contribution >= 0.6 is 0 Å². The van der Waals surface area contributed by atoms with Crippen molar-refractivity contribution in [2.45, 2.75) is 70.8 Å². The lowest BCUT2D eigenvalue weighted by Crippen LogP contribution is -2.34. The van der Waals surface area contributed by atoms with Gasteiger partial charge in [-0.05, 0) is 62.6 Å². The Kier molecular flexibility index (Phi) is 4.31. The molecule has 1 heteroatoms. The lowest BCUT2D eigenvalue weighted by atomic mass is 9.86. The smallest absolute Gasteiger partial charge is 0.120 e. The molecular formula is C17H26O. The maximum Gasteiger partial charge on any atom is 0.120 e. The van der Waals surface area contributed by atoms with Gasteiger partial charge in [0.15, 0.2) is 0 Å². The van der Waals surface area contributed by atoms with E-state index in [1.54, 1.807) is 0 Å². The molecule has 100 valence electrons. The molecule has 0 amide bonds. The van der Waals surface area contributed by atoms with Crippen molar-refractivity contribution < 1.29 is 4.74 Å². The second kappa shape index (κ2) is 5.77. The molecule has 0 aliphatic heterocycles. The summed E-state index contributed by atoms with van der Waals surface area (Å²) in [4.78, 5) is 0. The van der Waals surface area contributed by atoms with Crippen molar-refractivity contribution in [1.82, 2.24) is 0 Å². The van der Waals surface area contributed by atoms with Gasteiger partial charge in [-0.15, -0.1) is 0 Å². The highest BCUT2D eigenvalue weighted by Gasteiger charge is 2.28. The fraction of sp³-hybridized carbons (Fsp3) is 0.647. The van der Waals surface area contributed by atoms with Crippen LogP contribution < -0.4 is 4.74 Å². The second-order valence-corrected chi connectivity index (χ2v) is 5.99. The molecule has 1 atom stereocenters. The lowest BCUT2D eigenvalue weighted by molar-refractivity contribution is 0.0487. The number of ether oxygens (including phenoxy) is 1. The van der Waals surface area contributed by atoms with E-state index in [-0.39, 0.29) is 5.60 Å². The van der Waals surface area contributed by atoms with E-state index in [4.69, 9.17) is 4.74 Å². The van der Waals surface area contributed by atoms with Gasteiger partial charge in [0, 0.05) is 0 Å². The van der Waals surface area contributed by atoms with Crippen LogP contribution in [-0.2, 0) is 0 Å². The van der Waals surface area contributed by atoms with Gasteiger partial charge in [-0.2, -0.15) is 0 Å². The predicted molar refractivity (Wildman–Crippen MR) is 77.3 cm³/mol. The first-order valence-corrected chi connectivity index (χ1v) is 7.42. The molecule has 0 bridgehead atoms. The standard InChI is InChI=1S/C17H26O/c1-4-14(2)15-8-10-16(11-9-15)18-17(3)12-6-5-7-13-17/h8-11,14H,4-7,12-13H2,1-3H3. The molecule has 1 aromatic rings. The molecule has 1 nitrogen and oxygen atoms in total. The molecule has 1 aliphatic carbocycles. The first-order chi connectivity index (χ1) is 8.63. The summed E-state index contributed by atoms with van der Waals surface area (Å²) in [6.07, 6.45) is 7.56. The third kappa shape index (κ3) is 3.28. The highest BCUT2D eigenvalue weighted by molar-refractivity contribution is 5.29. The average Bonchev–Trinajstić information content (AvgIpc) is 2.39. The zero-order valence-corrected chi connectivity index (χ0v) is 12.0. The van der Waals surface area contributed by atoms with Gasteiger partial charge in [-0.3, -0.25) is 0 Å². The van der Waals surface area contributed by atoms with Crippen molar-refractivity contribution in [3.63, 3.8) is 0 Å². The summed E-state index contributed by atoms with van der Waals surface area (Å²) < 4.78 is 6.21. The first-order valence-electron chi connectivity index (χ1n) is 7.42. The molecule has 1 aromatic carbocycles. The maximum absolute atomic E-state index is 6.21. The molecule has 0 spiro atoms. The predicted octanol–water partition coefficient (Wildman–Crippen LogP) is 5.30. The van der Waals surface area contributed by atoms with Crippen molar-refractivity contribution >= 4 is 0 Å². The van der Waals surface area contributed by atoms with Crippen LogP contribution in [0.5, 0.6) is 5.75 Å². The molecule has 1 saturated carbocycles. The van der Waals surface area contributed by atoms with Crippen LogP contribution in [0, 0.1) is 0 Å². The summed E-state index contributed by atoms with van der Waals surface area (Å²) in [5.41, 5.74) is 1.48. The topological polar surface area (TPSA) is 9.23 Å². The van der Waals surface area contributed by atoms with Crippen molar-refractivity contribution in [3.05, 3.63) is 29.8 Å². The van der Waals surface area contributed by atoms with Crippen LogP contribution in [0.2, 0.25) is 0 Å². The van der Waals surface area contributed by atoms with Crippen molar-refractivity contribution in [2.75, 3.05) is 0 Å². The van der Waals surface area contributed by atoms with E-state index in [1.807, 2.05) is 0 Å². The van der Waals surface area contributed by atoms with E-state index in [0.717, 1.165) is 5.75 Å². The Morgan fingerprint density at radius 1 is 1.11 bits per heavy atom. The molecule has 0 heterocycles.